The summed E-state index contributed by atoms with van der Waals surface area (Å²) in [6.45, 7) is 2.85. The summed E-state index contributed by atoms with van der Waals surface area (Å²) in [4.78, 5) is 0. The van der Waals surface area contributed by atoms with Gasteiger partial charge in [-0.05, 0) is 50.2 Å². The lowest BCUT2D eigenvalue weighted by molar-refractivity contribution is 0.287. The Morgan fingerprint density at radius 2 is 2.00 bits per heavy atom. The largest absolute Gasteiger partial charge is 0.491 e. The third kappa shape index (κ3) is 2.75. The van der Waals surface area contributed by atoms with Crippen molar-refractivity contribution in [2.24, 2.45) is 11.7 Å². The number of nitrogens with two attached hydrogens (primary N) is 1. The van der Waals surface area contributed by atoms with Crippen molar-refractivity contribution in [2.45, 2.75) is 51.0 Å². The minimum atomic E-state index is -0.242. The molecule has 2 N–H and O–H groups in total. The Morgan fingerprint density at radius 1 is 1.32 bits per heavy atom. The van der Waals surface area contributed by atoms with Crippen LogP contribution in [0, 0.1) is 12.8 Å². The van der Waals surface area contributed by atoms with Crippen LogP contribution in [0.25, 0.3) is 0 Å². The van der Waals surface area contributed by atoms with Gasteiger partial charge >= 0.3 is 0 Å². The van der Waals surface area contributed by atoms with Gasteiger partial charge in [0.15, 0.2) is 0 Å². The second-order valence-electron chi connectivity index (χ2n) is 6.24. The van der Waals surface area contributed by atoms with Crippen molar-refractivity contribution in [3.63, 3.8) is 0 Å². The first-order valence-corrected chi connectivity index (χ1v) is 7.68. The SMILES string of the molecule is Cc1cc(Cl)c(OCC2CC2)c(C2(N)CCCC2)c1. The van der Waals surface area contributed by atoms with E-state index in [1.165, 1.54) is 25.7 Å². The van der Waals surface area contributed by atoms with Crippen LogP contribution in [0.3, 0.4) is 0 Å². The molecule has 0 unspecified atom stereocenters. The number of aryl methyl sites for hydroxylation is 1. The number of hydrogen-bond acceptors (Lipinski definition) is 2. The summed E-state index contributed by atoms with van der Waals surface area (Å²) in [5, 5.41) is 0.715. The van der Waals surface area contributed by atoms with Gasteiger partial charge in [0, 0.05) is 11.1 Å². The molecule has 19 heavy (non-hydrogen) atoms. The third-order valence-corrected chi connectivity index (χ3v) is 4.66. The molecule has 2 aliphatic carbocycles. The van der Waals surface area contributed by atoms with Gasteiger partial charge in [0.05, 0.1) is 11.6 Å². The van der Waals surface area contributed by atoms with Gasteiger partial charge in [-0.3, -0.25) is 0 Å². The third-order valence-electron chi connectivity index (χ3n) is 4.38. The van der Waals surface area contributed by atoms with Gasteiger partial charge in [0.25, 0.3) is 0 Å². The zero-order valence-corrected chi connectivity index (χ0v) is 12.3. The first-order valence-electron chi connectivity index (χ1n) is 7.31. The van der Waals surface area contributed by atoms with Crippen LogP contribution in [0.4, 0.5) is 0 Å². The maximum atomic E-state index is 6.60. The monoisotopic (exact) mass is 279 g/mol. The minimum absolute atomic E-state index is 0.242. The molecule has 1 aromatic carbocycles. The second kappa shape index (κ2) is 4.99. The number of benzene rings is 1. The Balaban J connectivity index is 1.94. The molecule has 0 spiro atoms. The molecule has 1 aromatic rings. The fourth-order valence-corrected chi connectivity index (χ4v) is 3.33. The van der Waals surface area contributed by atoms with Crippen LogP contribution in [0.1, 0.15) is 49.7 Å². The van der Waals surface area contributed by atoms with Gasteiger partial charge in [-0.2, -0.15) is 0 Å². The van der Waals surface area contributed by atoms with E-state index >= 15 is 0 Å². The molecule has 3 heteroatoms. The van der Waals surface area contributed by atoms with Crippen LogP contribution in [0.5, 0.6) is 5.75 Å². The van der Waals surface area contributed by atoms with Gasteiger partial charge in [0.2, 0.25) is 0 Å². The molecular formula is C16H22ClNO. The lowest BCUT2D eigenvalue weighted by Gasteiger charge is -2.28. The van der Waals surface area contributed by atoms with Crippen molar-refractivity contribution in [3.8, 4) is 5.75 Å². The molecular weight excluding hydrogens is 258 g/mol. The maximum Gasteiger partial charge on any atom is 0.142 e. The van der Waals surface area contributed by atoms with E-state index in [-0.39, 0.29) is 5.54 Å². The Bertz CT molecular complexity index is 476. The standard InChI is InChI=1S/C16H22ClNO/c1-11-8-13(16(18)6-2-3-7-16)15(14(17)9-11)19-10-12-4-5-12/h8-9,12H,2-7,10,18H2,1H3. The highest BCUT2D eigenvalue weighted by atomic mass is 35.5. The zero-order valence-electron chi connectivity index (χ0n) is 11.5. The van der Waals surface area contributed by atoms with Crippen molar-refractivity contribution in [3.05, 3.63) is 28.3 Å². The smallest absolute Gasteiger partial charge is 0.142 e. The zero-order chi connectivity index (χ0) is 13.5. The van der Waals surface area contributed by atoms with Crippen molar-refractivity contribution in [2.75, 3.05) is 6.61 Å². The van der Waals surface area contributed by atoms with Crippen molar-refractivity contribution in [1.29, 1.82) is 0 Å². The van der Waals surface area contributed by atoms with E-state index in [1.807, 2.05) is 6.07 Å². The molecule has 104 valence electrons. The topological polar surface area (TPSA) is 35.2 Å². The molecule has 0 saturated heterocycles. The molecule has 0 atom stereocenters. The molecule has 0 heterocycles. The first kappa shape index (κ1) is 13.3. The highest BCUT2D eigenvalue weighted by Gasteiger charge is 2.35. The fraction of sp³-hybridized carbons (Fsp3) is 0.625. The van der Waals surface area contributed by atoms with Crippen LogP contribution < -0.4 is 10.5 Å². The van der Waals surface area contributed by atoms with Crippen LogP contribution in [-0.4, -0.2) is 6.61 Å². The Morgan fingerprint density at radius 3 is 2.63 bits per heavy atom. The van der Waals surface area contributed by atoms with E-state index in [2.05, 4.69) is 13.0 Å². The Hall–Kier alpha value is -0.730. The van der Waals surface area contributed by atoms with Gasteiger partial charge in [-0.25, -0.2) is 0 Å². The van der Waals surface area contributed by atoms with Crippen LogP contribution in [0.15, 0.2) is 12.1 Å². The summed E-state index contributed by atoms with van der Waals surface area (Å²) in [7, 11) is 0. The fourth-order valence-electron chi connectivity index (χ4n) is 3.01. The molecule has 0 bridgehead atoms. The predicted octanol–water partition coefficient (Wildman–Crippen LogP) is 4.17. The molecule has 2 saturated carbocycles. The first-order chi connectivity index (χ1) is 9.08. The van der Waals surface area contributed by atoms with E-state index in [1.54, 1.807) is 0 Å². The molecule has 2 aliphatic rings. The summed E-state index contributed by atoms with van der Waals surface area (Å²) < 4.78 is 6.01. The summed E-state index contributed by atoms with van der Waals surface area (Å²) >= 11 is 6.40. The Kier molecular flexibility index (Phi) is 3.48. The predicted molar refractivity (Wildman–Crippen MR) is 78.7 cm³/mol. The number of hydrogen-bond donors (Lipinski definition) is 1. The average molecular weight is 280 g/mol. The lowest BCUT2D eigenvalue weighted by Crippen LogP contribution is -2.34. The van der Waals surface area contributed by atoms with Gasteiger partial charge < -0.3 is 10.5 Å². The number of rotatable bonds is 4. The van der Waals surface area contributed by atoms with Crippen molar-refractivity contribution >= 4 is 11.6 Å². The van der Waals surface area contributed by atoms with E-state index < -0.39 is 0 Å². The van der Waals surface area contributed by atoms with Crippen LogP contribution in [-0.2, 0) is 5.54 Å². The maximum absolute atomic E-state index is 6.60. The quantitative estimate of drug-likeness (QED) is 0.898. The second-order valence-corrected chi connectivity index (χ2v) is 6.65. The summed E-state index contributed by atoms with van der Waals surface area (Å²) in [5.74, 6) is 1.56. The van der Waals surface area contributed by atoms with Crippen LogP contribution >= 0.6 is 11.6 Å². The molecule has 0 aromatic heterocycles. The van der Waals surface area contributed by atoms with E-state index in [0.717, 1.165) is 42.2 Å². The molecule has 0 radical (unpaired) electrons. The summed E-state index contributed by atoms with van der Waals surface area (Å²) in [6, 6.07) is 4.14. The normalized spacial score (nSPS) is 21.6. The highest BCUT2D eigenvalue weighted by molar-refractivity contribution is 6.32. The van der Waals surface area contributed by atoms with Crippen molar-refractivity contribution in [1.82, 2.24) is 0 Å². The molecule has 3 rings (SSSR count). The summed E-state index contributed by atoms with van der Waals surface area (Å²) in [5.41, 5.74) is 8.64. The molecule has 2 nitrogen and oxygen atoms in total. The molecule has 2 fully saturated rings. The number of halogens is 1. The van der Waals surface area contributed by atoms with Gasteiger partial charge in [-0.1, -0.05) is 30.5 Å². The minimum Gasteiger partial charge on any atom is -0.491 e. The van der Waals surface area contributed by atoms with E-state index in [4.69, 9.17) is 22.1 Å². The summed E-state index contributed by atoms with van der Waals surface area (Å²) in [6.07, 6.45) is 7.03. The van der Waals surface area contributed by atoms with Crippen LogP contribution in [0.2, 0.25) is 5.02 Å². The lowest BCUT2D eigenvalue weighted by atomic mass is 9.87. The van der Waals surface area contributed by atoms with E-state index in [9.17, 15) is 0 Å². The van der Waals surface area contributed by atoms with Crippen molar-refractivity contribution < 1.29 is 4.74 Å². The highest BCUT2D eigenvalue weighted by Crippen LogP contribution is 2.44. The number of ether oxygens (including phenoxy) is 1. The molecule has 0 aliphatic heterocycles. The molecule has 0 amide bonds. The van der Waals surface area contributed by atoms with Gasteiger partial charge in [0.1, 0.15) is 5.75 Å². The van der Waals surface area contributed by atoms with Gasteiger partial charge in [-0.15, -0.1) is 0 Å². The average Bonchev–Trinajstić information content (AvgIpc) is 3.08. The van der Waals surface area contributed by atoms with E-state index in [0.29, 0.717) is 5.02 Å². The Labute approximate surface area is 120 Å².